The highest BCUT2D eigenvalue weighted by molar-refractivity contribution is 5.60. The number of rotatable bonds is 3. The Labute approximate surface area is 104 Å². The van der Waals surface area contributed by atoms with E-state index in [1.807, 2.05) is 13.8 Å². The number of anilines is 1. The second-order valence-electron chi connectivity index (χ2n) is 4.23. The predicted molar refractivity (Wildman–Crippen MR) is 66.1 cm³/mol. The van der Waals surface area contributed by atoms with E-state index in [0.29, 0.717) is 11.5 Å². The van der Waals surface area contributed by atoms with Crippen LogP contribution in [-0.4, -0.2) is 16.2 Å². The lowest BCUT2D eigenvalue weighted by Gasteiger charge is -2.08. The van der Waals surface area contributed by atoms with Gasteiger partial charge in [-0.3, -0.25) is 0 Å². The molecule has 1 N–H and O–H groups in total. The van der Waals surface area contributed by atoms with Crippen molar-refractivity contribution in [2.24, 2.45) is 0 Å². The molecule has 0 aliphatic rings. The minimum Gasteiger partial charge on any atom is -0.366 e. The van der Waals surface area contributed by atoms with Gasteiger partial charge in [0.1, 0.15) is 17.5 Å². The monoisotopic (exact) mass is 249 g/mol. The lowest BCUT2D eigenvalue weighted by Crippen LogP contribution is -2.11. The lowest BCUT2D eigenvalue weighted by molar-refractivity contribution is 0.602. The number of hydrogen-bond donors (Lipinski definition) is 1. The second kappa shape index (κ2) is 5.08. The van der Waals surface area contributed by atoms with E-state index in [9.17, 15) is 8.78 Å². The van der Waals surface area contributed by atoms with Crippen LogP contribution in [0.1, 0.15) is 13.8 Å². The molecule has 0 aliphatic carbocycles. The summed E-state index contributed by atoms with van der Waals surface area (Å²) in [4.78, 5) is 0. The lowest BCUT2D eigenvalue weighted by atomic mass is 10.1. The molecule has 0 bridgehead atoms. The van der Waals surface area contributed by atoms with Crippen LogP contribution in [0, 0.1) is 11.6 Å². The van der Waals surface area contributed by atoms with Crippen molar-refractivity contribution < 1.29 is 8.78 Å². The first-order valence-corrected chi connectivity index (χ1v) is 5.62. The third-order valence-corrected chi connectivity index (χ3v) is 2.31. The van der Waals surface area contributed by atoms with Gasteiger partial charge in [-0.2, -0.15) is 0 Å². The first kappa shape index (κ1) is 12.4. The number of nitrogens with zero attached hydrogens (tertiary/aromatic N) is 2. The molecular weight excluding hydrogens is 236 g/mol. The molecule has 0 atom stereocenters. The van der Waals surface area contributed by atoms with Gasteiger partial charge in [-0.05, 0) is 44.2 Å². The normalized spacial score (nSPS) is 10.7. The van der Waals surface area contributed by atoms with Gasteiger partial charge in [-0.1, -0.05) is 0 Å². The largest absolute Gasteiger partial charge is 0.366 e. The van der Waals surface area contributed by atoms with Gasteiger partial charge in [-0.15, -0.1) is 10.2 Å². The van der Waals surface area contributed by atoms with Crippen LogP contribution in [0.4, 0.5) is 14.6 Å². The fourth-order valence-electron chi connectivity index (χ4n) is 1.54. The molecule has 1 aromatic carbocycles. The Balaban J connectivity index is 2.31. The fourth-order valence-corrected chi connectivity index (χ4v) is 1.54. The van der Waals surface area contributed by atoms with E-state index in [4.69, 9.17) is 0 Å². The summed E-state index contributed by atoms with van der Waals surface area (Å²) < 4.78 is 26.6. The Hall–Kier alpha value is -2.04. The highest BCUT2D eigenvalue weighted by atomic mass is 19.1. The van der Waals surface area contributed by atoms with E-state index >= 15 is 0 Å². The van der Waals surface area contributed by atoms with Crippen LogP contribution < -0.4 is 5.32 Å². The highest BCUT2D eigenvalue weighted by Gasteiger charge is 2.08. The van der Waals surface area contributed by atoms with Gasteiger partial charge >= 0.3 is 0 Å². The van der Waals surface area contributed by atoms with Crippen molar-refractivity contribution in [2.45, 2.75) is 19.9 Å². The number of benzene rings is 1. The average Bonchev–Trinajstić information content (AvgIpc) is 2.33. The predicted octanol–water partition coefficient (Wildman–Crippen LogP) is 3.24. The van der Waals surface area contributed by atoms with Gasteiger partial charge in [0.2, 0.25) is 0 Å². The minimum atomic E-state index is -0.518. The van der Waals surface area contributed by atoms with Crippen LogP contribution in [0.25, 0.3) is 11.3 Å². The van der Waals surface area contributed by atoms with Crippen LogP contribution in [-0.2, 0) is 0 Å². The van der Waals surface area contributed by atoms with Gasteiger partial charge in [0.15, 0.2) is 0 Å². The number of aromatic nitrogens is 2. The summed E-state index contributed by atoms with van der Waals surface area (Å²) in [5.74, 6) is -0.418. The van der Waals surface area contributed by atoms with E-state index in [1.165, 1.54) is 0 Å². The third kappa shape index (κ3) is 2.80. The molecule has 94 valence electrons. The Morgan fingerprint density at radius 3 is 2.44 bits per heavy atom. The van der Waals surface area contributed by atoms with E-state index in [0.717, 1.165) is 18.2 Å². The number of halogens is 2. The van der Waals surface area contributed by atoms with Crippen molar-refractivity contribution in [3.63, 3.8) is 0 Å². The molecule has 1 aromatic heterocycles. The van der Waals surface area contributed by atoms with E-state index in [-0.39, 0.29) is 11.6 Å². The maximum Gasteiger partial charge on any atom is 0.148 e. The first-order valence-electron chi connectivity index (χ1n) is 5.62. The molecule has 0 saturated carbocycles. The molecule has 0 spiro atoms. The topological polar surface area (TPSA) is 37.8 Å². The maximum atomic E-state index is 13.5. The molecule has 18 heavy (non-hydrogen) atoms. The van der Waals surface area contributed by atoms with Crippen LogP contribution in [0.2, 0.25) is 0 Å². The van der Waals surface area contributed by atoms with Crippen LogP contribution in [0.5, 0.6) is 0 Å². The Morgan fingerprint density at radius 1 is 1.06 bits per heavy atom. The molecular formula is C13H13F2N3. The van der Waals surface area contributed by atoms with E-state index < -0.39 is 11.6 Å². The van der Waals surface area contributed by atoms with Crippen molar-refractivity contribution >= 4 is 5.82 Å². The molecule has 0 saturated heterocycles. The number of nitrogens with one attached hydrogen (secondary N) is 1. The molecule has 5 heteroatoms. The van der Waals surface area contributed by atoms with Crippen LogP contribution in [0.15, 0.2) is 30.3 Å². The summed E-state index contributed by atoms with van der Waals surface area (Å²) in [5.41, 5.74) is 0.417. The van der Waals surface area contributed by atoms with Crippen LogP contribution in [0.3, 0.4) is 0 Å². The molecule has 0 radical (unpaired) electrons. The fraction of sp³-hybridized carbons (Fsp3) is 0.231. The maximum absolute atomic E-state index is 13.5. The van der Waals surface area contributed by atoms with E-state index in [1.54, 1.807) is 12.1 Å². The average molecular weight is 249 g/mol. The minimum absolute atomic E-state index is 0.110. The number of hydrogen-bond acceptors (Lipinski definition) is 3. The van der Waals surface area contributed by atoms with Gasteiger partial charge in [0.25, 0.3) is 0 Å². The molecule has 0 amide bonds. The Morgan fingerprint density at radius 2 is 1.83 bits per heavy atom. The summed E-state index contributed by atoms with van der Waals surface area (Å²) in [5, 5.41) is 10.9. The molecule has 1 heterocycles. The first-order chi connectivity index (χ1) is 8.56. The summed E-state index contributed by atoms with van der Waals surface area (Å²) in [6.45, 7) is 3.95. The Kier molecular flexibility index (Phi) is 3.50. The second-order valence-corrected chi connectivity index (χ2v) is 4.23. The molecule has 0 aliphatic heterocycles. The Bertz CT molecular complexity index is 538. The van der Waals surface area contributed by atoms with Crippen molar-refractivity contribution in [3.8, 4) is 11.3 Å². The van der Waals surface area contributed by atoms with Crippen molar-refractivity contribution in [2.75, 3.05) is 5.32 Å². The molecule has 2 rings (SSSR count). The molecule has 2 aromatic rings. The highest BCUT2D eigenvalue weighted by Crippen LogP contribution is 2.21. The van der Waals surface area contributed by atoms with Gasteiger partial charge in [-0.25, -0.2) is 8.78 Å². The van der Waals surface area contributed by atoms with Gasteiger partial charge in [0, 0.05) is 11.6 Å². The smallest absolute Gasteiger partial charge is 0.148 e. The standard InChI is InChI=1S/C13H13F2N3/c1-8(2)16-13-6-5-12(17-18-13)10-7-9(14)3-4-11(10)15/h3-8H,1-2H3,(H,16,18). The summed E-state index contributed by atoms with van der Waals surface area (Å²) in [7, 11) is 0. The van der Waals surface area contributed by atoms with E-state index in [2.05, 4.69) is 15.5 Å². The zero-order valence-electron chi connectivity index (χ0n) is 10.1. The quantitative estimate of drug-likeness (QED) is 0.907. The zero-order valence-corrected chi connectivity index (χ0v) is 10.1. The van der Waals surface area contributed by atoms with Crippen LogP contribution >= 0.6 is 0 Å². The SMILES string of the molecule is CC(C)Nc1ccc(-c2cc(F)ccc2F)nn1. The summed E-state index contributed by atoms with van der Waals surface area (Å²) in [6.07, 6.45) is 0. The van der Waals surface area contributed by atoms with Crippen molar-refractivity contribution in [1.82, 2.24) is 10.2 Å². The molecule has 3 nitrogen and oxygen atoms in total. The summed E-state index contributed by atoms with van der Waals surface area (Å²) >= 11 is 0. The zero-order chi connectivity index (χ0) is 13.1. The van der Waals surface area contributed by atoms with Crippen molar-refractivity contribution in [3.05, 3.63) is 42.0 Å². The molecule has 0 unspecified atom stereocenters. The van der Waals surface area contributed by atoms with Gasteiger partial charge < -0.3 is 5.32 Å². The van der Waals surface area contributed by atoms with Gasteiger partial charge in [0.05, 0.1) is 5.69 Å². The third-order valence-electron chi connectivity index (χ3n) is 2.31. The van der Waals surface area contributed by atoms with Crippen molar-refractivity contribution in [1.29, 1.82) is 0 Å². The summed E-state index contributed by atoms with van der Waals surface area (Å²) in [6, 6.07) is 6.78. The molecule has 0 fully saturated rings.